The SMILES string of the molecule is CN=C(NCc1ccc(NC(=O)OC)cc1)NCc1ccc(OC)c(OC)c1. The Balaban J connectivity index is 1.87. The minimum absolute atomic E-state index is 0.495. The van der Waals surface area contributed by atoms with E-state index in [0.717, 1.165) is 11.1 Å². The summed E-state index contributed by atoms with van der Waals surface area (Å²) in [7, 11) is 6.27. The number of ether oxygens (including phenoxy) is 3. The van der Waals surface area contributed by atoms with Gasteiger partial charge < -0.3 is 24.8 Å². The molecular formula is C20H26N4O4. The zero-order valence-electron chi connectivity index (χ0n) is 16.5. The van der Waals surface area contributed by atoms with E-state index in [0.29, 0.717) is 36.2 Å². The predicted octanol–water partition coefficient (Wildman–Crippen LogP) is 2.75. The largest absolute Gasteiger partial charge is 0.493 e. The Hall–Kier alpha value is -3.42. The quantitative estimate of drug-likeness (QED) is 0.500. The Morgan fingerprint density at radius 1 is 0.893 bits per heavy atom. The second-order valence-electron chi connectivity index (χ2n) is 5.78. The number of nitrogens with zero attached hydrogens (tertiary/aromatic N) is 1. The van der Waals surface area contributed by atoms with Crippen molar-refractivity contribution in [2.75, 3.05) is 33.7 Å². The molecule has 0 heterocycles. The summed E-state index contributed by atoms with van der Waals surface area (Å²) in [5.74, 6) is 2.05. The second-order valence-corrected chi connectivity index (χ2v) is 5.78. The number of anilines is 1. The minimum atomic E-state index is -0.495. The van der Waals surface area contributed by atoms with Crippen molar-refractivity contribution >= 4 is 17.7 Å². The smallest absolute Gasteiger partial charge is 0.411 e. The van der Waals surface area contributed by atoms with Crippen molar-refractivity contribution in [3.8, 4) is 11.5 Å². The van der Waals surface area contributed by atoms with E-state index < -0.39 is 6.09 Å². The maximum atomic E-state index is 11.2. The summed E-state index contributed by atoms with van der Waals surface area (Å²) in [6.07, 6.45) is -0.495. The van der Waals surface area contributed by atoms with Gasteiger partial charge in [-0.3, -0.25) is 10.3 Å². The molecule has 0 saturated heterocycles. The highest BCUT2D eigenvalue weighted by Crippen LogP contribution is 2.27. The van der Waals surface area contributed by atoms with Crippen LogP contribution in [0.1, 0.15) is 11.1 Å². The van der Waals surface area contributed by atoms with Crippen molar-refractivity contribution < 1.29 is 19.0 Å². The van der Waals surface area contributed by atoms with E-state index in [1.165, 1.54) is 7.11 Å². The molecule has 0 radical (unpaired) electrons. The van der Waals surface area contributed by atoms with Crippen molar-refractivity contribution in [3.05, 3.63) is 53.6 Å². The molecule has 0 spiro atoms. The van der Waals surface area contributed by atoms with Crippen LogP contribution < -0.4 is 25.4 Å². The average Bonchev–Trinajstić information content (AvgIpc) is 2.74. The number of aliphatic imine (C=N–C) groups is 1. The lowest BCUT2D eigenvalue weighted by molar-refractivity contribution is 0.187. The number of carbonyl (C=O) groups is 1. The van der Waals surface area contributed by atoms with Gasteiger partial charge in [-0.1, -0.05) is 18.2 Å². The lowest BCUT2D eigenvalue weighted by Gasteiger charge is -2.14. The molecule has 3 N–H and O–H groups in total. The Morgan fingerprint density at radius 3 is 2.07 bits per heavy atom. The first-order chi connectivity index (χ1) is 13.6. The van der Waals surface area contributed by atoms with Gasteiger partial charge in [0.15, 0.2) is 17.5 Å². The third-order valence-corrected chi connectivity index (χ3v) is 3.98. The Labute approximate surface area is 164 Å². The first-order valence-electron chi connectivity index (χ1n) is 8.69. The van der Waals surface area contributed by atoms with E-state index in [9.17, 15) is 4.79 Å². The number of rotatable bonds is 7. The van der Waals surface area contributed by atoms with E-state index in [2.05, 4.69) is 25.7 Å². The van der Waals surface area contributed by atoms with Crippen LogP contribution >= 0.6 is 0 Å². The van der Waals surface area contributed by atoms with Crippen LogP contribution in [0.4, 0.5) is 10.5 Å². The number of guanidine groups is 1. The van der Waals surface area contributed by atoms with Gasteiger partial charge in [-0.05, 0) is 35.4 Å². The van der Waals surface area contributed by atoms with E-state index in [4.69, 9.17) is 9.47 Å². The third-order valence-electron chi connectivity index (χ3n) is 3.98. The maximum absolute atomic E-state index is 11.2. The molecule has 0 aliphatic carbocycles. The monoisotopic (exact) mass is 386 g/mol. The van der Waals surface area contributed by atoms with Gasteiger partial charge in [0.1, 0.15) is 0 Å². The molecule has 2 rings (SSSR count). The second kappa shape index (κ2) is 10.7. The molecule has 0 atom stereocenters. The van der Waals surface area contributed by atoms with E-state index in [1.54, 1.807) is 21.3 Å². The summed E-state index contributed by atoms with van der Waals surface area (Å²) in [5.41, 5.74) is 2.76. The molecule has 2 aromatic rings. The number of amides is 1. The number of carbonyl (C=O) groups excluding carboxylic acids is 1. The fourth-order valence-corrected chi connectivity index (χ4v) is 2.46. The van der Waals surface area contributed by atoms with Crippen LogP contribution in [-0.2, 0) is 17.8 Å². The van der Waals surface area contributed by atoms with Gasteiger partial charge in [0.05, 0.1) is 21.3 Å². The number of hydrogen-bond donors (Lipinski definition) is 3. The van der Waals surface area contributed by atoms with Crippen LogP contribution in [0.25, 0.3) is 0 Å². The van der Waals surface area contributed by atoms with Crippen LogP contribution in [0.5, 0.6) is 11.5 Å². The molecule has 8 heteroatoms. The summed E-state index contributed by atoms with van der Waals surface area (Å²) in [6, 6.07) is 13.2. The molecule has 0 saturated carbocycles. The van der Waals surface area contributed by atoms with Gasteiger partial charge in [0, 0.05) is 25.8 Å². The molecule has 150 valence electrons. The Morgan fingerprint density at radius 2 is 1.50 bits per heavy atom. The average molecular weight is 386 g/mol. The Bertz CT molecular complexity index is 806. The summed E-state index contributed by atoms with van der Waals surface area (Å²) < 4.78 is 15.1. The molecular weight excluding hydrogens is 360 g/mol. The molecule has 0 bridgehead atoms. The van der Waals surface area contributed by atoms with Crippen LogP contribution in [-0.4, -0.2) is 40.4 Å². The van der Waals surface area contributed by atoms with Gasteiger partial charge in [0.2, 0.25) is 0 Å². The summed E-state index contributed by atoms with van der Waals surface area (Å²) in [4.78, 5) is 15.4. The molecule has 0 aliphatic heterocycles. The molecule has 0 aliphatic rings. The first kappa shape index (κ1) is 20.9. The fraction of sp³-hybridized carbons (Fsp3) is 0.300. The Kier molecular flexibility index (Phi) is 7.95. The normalized spacial score (nSPS) is 10.8. The van der Waals surface area contributed by atoms with Crippen LogP contribution in [0, 0.1) is 0 Å². The molecule has 0 aromatic heterocycles. The third kappa shape index (κ3) is 6.08. The molecule has 28 heavy (non-hydrogen) atoms. The highest BCUT2D eigenvalue weighted by atomic mass is 16.5. The molecule has 1 amide bonds. The zero-order valence-corrected chi connectivity index (χ0v) is 16.5. The highest BCUT2D eigenvalue weighted by molar-refractivity contribution is 5.84. The summed E-state index contributed by atoms with van der Waals surface area (Å²) in [5, 5.41) is 9.12. The van der Waals surface area contributed by atoms with Gasteiger partial charge in [-0.25, -0.2) is 4.79 Å². The molecule has 8 nitrogen and oxygen atoms in total. The van der Waals surface area contributed by atoms with Crippen molar-refractivity contribution in [2.24, 2.45) is 4.99 Å². The molecule has 0 unspecified atom stereocenters. The summed E-state index contributed by atoms with van der Waals surface area (Å²) in [6.45, 7) is 1.17. The van der Waals surface area contributed by atoms with Gasteiger partial charge >= 0.3 is 6.09 Å². The number of benzene rings is 2. The highest BCUT2D eigenvalue weighted by Gasteiger charge is 2.06. The van der Waals surface area contributed by atoms with Gasteiger partial charge in [-0.2, -0.15) is 0 Å². The van der Waals surface area contributed by atoms with Gasteiger partial charge in [0.25, 0.3) is 0 Å². The van der Waals surface area contributed by atoms with E-state index >= 15 is 0 Å². The zero-order chi connectivity index (χ0) is 20.4. The van der Waals surface area contributed by atoms with Gasteiger partial charge in [-0.15, -0.1) is 0 Å². The fourth-order valence-electron chi connectivity index (χ4n) is 2.46. The van der Waals surface area contributed by atoms with E-state index in [-0.39, 0.29) is 0 Å². The number of hydrogen-bond acceptors (Lipinski definition) is 5. The van der Waals surface area contributed by atoms with Crippen molar-refractivity contribution in [1.29, 1.82) is 0 Å². The number of methoxy groups -OCH3 is 3. The minimum Gasteiger partial charge on any atom is -0.493 e. The van der Waals surface area contributed by atoms with Crippen molar-refractivity contribution in [3.63, 3.8) is 0 Å². The molecule has 0 fully saturated rings. The van der Waals surface area contributed by atoms with Crippen LogP contribution in [0.15, 0.2) is 47.5 Å². The predicted molar refractivity (Wildman–Crippen MR) is 109 cm³/mol. The lowest BCUT2D eigenvalue weighted by atomic mass is 10.2. The maximum Gasteiger partial charge on any atom is 0.411 e. The molecule has 2 aromatic carbocycles. The standard InChI is InChI=1S/C20H26N4O4/c1-21-19(23-13-15-7-10-17(26-2)18(11-15)27-3)22-12-14-5-8-16(9-6-14)24-20(25)28-4/h5-11H,12-13H2,1-4H3,(H,24,25)(H2,21,22,23). The van der Waals surface area contributed by atoms with Crippen LogP contribution in [0.3, 0.4) is 0 Å². The lowest BCUT2D eigenvalue weighted by Crippen LogP contribution is -2.36. The van der Waals surface area contributed by atoms with Crippen LogP contribution in [0.2, 0.25) is 0 Å². The number of nitrogens with one attached hydrogen (secondary N) is 3. The van der Waals surface area contributed by atoms with E-state index in [1.807, 2.05) is 42.5 Å². The van der Waals surface area contributed by atoms with Crippen molar-refractivity contribution in [1.82, 2.24) is 10.6 Å². The first-order valence-corrected chi connectivity index (χ1v) is 8.69. The van der Waals surface area contributed by atoms with Crippen molar-refractivity contribution in [2.45, 2.75) is 13.1 Å². The summed E-state index contributed by atoms with van der Waals surface area (Å²) >= 11 is 0. The topological polar surface area (TPSA) is 93.2 Å².